The van der Waals surface area contributed by atoms with Crippen LogP contribution in [-0.4, -0.2) is 28.0 Å². The van der Waals surface area contributed by atoms with E-state index in [9.17, 15) is 17.6 Å². The largest absolute Gasteiger partial charge is 0.496 e. The summed E-state index contributed by atoms with van der Waals surface area (Å²) in [4.78, 5) is 12.8. The Morgan fingerprint density at radius 3 is 2.56 bits per heavy atom. The molecule has 3 aromatic rings. The van der Waals surface area contributed by atoms with Crippen LogP contribution in [0.5, 0.6) is 5.75 Å². The average molecular weight is 475 g/mol. The summed E-state index contributed by atoms with van der Waals surface area (Å²) in [6.45, 7) is 0.318. The third-order valence-electron chi connectivity index (χ3n) is 5.22. The highest BCUT2D eigenvalue weighted by molar-refractivity contribution is 7.92. The Labute approximate surface area is 190 Å². The average Bonchev–Trinajstić information content (AvgIpc) is 2.78. The minimum Gasteiger partial charge on any atom is -0.496 e. The van der Waals surface area contributed by atoms with Crippen LogP contribution in [0, 0.1) is 5.82 Å². The number of anilines is 2. The van der Waals surface area contributed by atoms with E-state index in [0.29, 0.717) is 47.1 Å². The number of hydrogen-bond donors (Lipinski definition) is 1. The maximum absolute atomic E-state index is 13.2. The van der Waals surface area contributed by atoms with Crippen molar-refractivity contribution in [3.05, 3.63) is 82.6 Å². The third kappa shape index (κ3) is 4.28. The van der Waals surface area contributed by atoms with Crippen LogP contribution in [0.4, 0.5) is 15.8 Å². The Morgan fingerprint density at radius 1 is 1.09 bits per heavy atom. The van der Waals surface area contributed by atoms with Crippen molar-refractivity contribution in [2.24, 2.45) is 0 Å². The third-order valence-corrected chi connectivity index (χ3v) is 7.28. The molecule has 3 aromatic carbocycles. The number of carbonyl (C=O) groups excluding carboxylic acids is 1. The molecular weight excluding hydrogens is 455 g/mol. The lowest BCUT2D eigenvalue weighted by Gasteiger charge is -2.31. The number of sulfonamides is 1. The number of nitrogens with one attached hydrogen (secondary N) is 1. The van der Waals surface area contributed by atoms with Crippen molar-refractivity contribution in [3.8, 4) is 5.75 Å². The van der Waals surface area contributed by atoms with Crippen LogP contribution < -0.4 is 14.4 Å². The number of rotatable bonds is 5. The van der Waals surface area contributed by atoms with Crippen LogP contribution in [-0.2, 0) is 16.4 Å². The number of nitrogens with zero attached hydrogens (tertiary/aromatic N) is 1. The number of carbonyl (C=O) groups is 1. The van der Waals surface area contributed by atoms with Gasteiger partial charge in [0.05, 0.1) is 23.3 Å². The summed E-state index contributed by atoms with van der Waals surface area (Å²) >= 11 is 6.01. The minimum absolute atomic E-state index is 0.0252. The van der Waals surface area contributed by atoms with Gasteiger partial charge in [-0.3, -0.25) is 9.10 Å². The molecule has 4 rings (SSSR count). The zero-order chi connectivity index (χ0) is 22.9. The molecule has 1 aliphatic rings. The van der Waals surface area contributed by atoms with E-state index in [-0.39, 0.29) is 4.90 Å². The highest BCUT2D eigenvalue weighted by Gasteiger charge is 2.29. The second-order valence-corrected chi connectivity index (χ2v) is 9.58. The lowest BCUT2D eigenvalue weighted by molar-refractivity contribution is 0.102. The van der Waals surface area contributed by atoms with Crippen molar-refractivity contribution in [2.45, 2.75) is 17.7 Å². The van der Waals surface area contributed by atoms with E-state index in [4.69, 9.17) is 16.3 Å². The van der Waals surface area contributed by atoms with Crippen LogP contribution in [0.2, 0.25) is 5.02 Å². The molecule has 0 aliphatic carbocycles. The van der Waals surface area contributed by atoms with Gasteiger partial charge in [-0.15, -0.1) is 0 Å². The molecule has 0 bridgehead atoms. The van der Waals surface area contributed by atoms with E-state index < -0.39 is 21.7 Å². The Morgan fingerprint density at radius 2 is 1.84 bits per heavy atom. The summed E-state index contributed by atoms with van der Waals surface area (Å²) < 4.78 is 46.0. The number of benzene rings is 3. The van der Waals surface area contributed by atoms with Crippen LogP contribution in [0.3, 0.4) is 0 Å². The predicted octanol–water partition coefficient (Wildman–Crippen LogP) is 4.88. The lowest BCUT2D eigenvalue weighted by Crippen LogP contribution is -2.35. The van der Waals surface area contributed by atoms with Crippen LogP contribution in [0.15, 0.2) is 65.6 Å². The summed E-state index contributed by atoms with van der Waals surface area (Å²) in [7, 11) is -2.37. The maximum Gasteiger partial charge on any atom is 0.264 e. The molecule has 0 saturated carbocycles. The fourth-order valence-corrected chi connectivity index (χ4v) is 5.39. The molecule has 32 heavy (non-hydrogen) atoms. The van der Waals surface area contributed by atoms with Crippen molar-refractivity contribution in [3.63, 3.8) is 0 Å². The first kappa shape index (κ1) is 22.1. The number of ether oxygens (including phenoxy) is 1. The van der Waals surface area contributed by atoms with Crippen LogP contribution in [0.25, 0.3) is 0 Å². The molecule has 9 heteroatoms. The van der Waals surface area contributed by atoms with Crippen molar-refractivity contribution in [1.29, 1.82) is 0 Å². The van der Waals surface area contributed by atoms with Gasteiger partial charge < -0.3 is 10.1 Å². The highest BCUT2D eigenvalue weighted by Crippen LogP contribution is 2.34. The van der Waals surface area contributed by atoms with Gasteiger partial charge in [-0.2, -0.15) is 0 Å². The molecular formula is C23H20ClFN2O4S. The van der Waals surface area contributed by atoms with Gasteiger partial charge in [0.1, 0.15) is 11.6 Å². The topological polar surface area (TPSA) is 75.7 Å². The molecule has 1 N–H and O–H groups in total. The van der Waals surface area contributed by atoms with E-state index >= 15 is 0 Å². The molecule has 1 amide bonds. The molecule has 166 valence electrons. The fourth-order valence-electron chi connectivity index (χ4n) is 3.68. The highest BCUT2D eigenvalue weighted by atomic mass is 35.5. The standard InChI is InChI=1S/C23H20ClFN2O4S/c1-31-22-11-4-16(24)14-20(22)23(28)26-18-7-10-21-15(13-18)3-2-12-27(21)32(29,30)19-8-5-17(25)6-9-19/h4-11,13-14H,2-3,12H2,1H3,(H,26,28). The van der Waals surface area contributed by atoms with Crippen LogP contribution in [0.1, 0.15) is 22.3 Å². The molecule has 0 aromatic heterocycles. The van der Waals surface area contributed by atoms with Crippen molar-refractivity contribution in [2.75, 3.05) is 23.3 Å². The Balaban J connectivity index is 1.62. The molecule has 0 fully saturated rings. The Kier molecular flexibility index (Phi) is 6.08. The van der Waals surface area contributed by atoms with Gasteiger partial charge in [0.25, 0.3) is 15.9 Å². The van der Waals surface area contributed by atoms with E-state index in [0.717, 1.165) is 17.7 Å². The molecule has 1 heterocycles. The van der Waals surface area contributed by atoms with Gasteiger partial charge in [0.15, 0.2) is 0 Å². The molecule has 6 nitrogen and oxygen atoms in total. The quantitative estimate of drug-likeness (QED) is 0.571. The van der Waals surface area contributed by atoms with Crippen molar-refractivity contribution >= 4 is 38.9 Å². The van der Waals surface area contributed by atoms with Crippen LogP contribution >= 0.6 is 11.6 Å². The Bertz CT molecular complexity index is 1280. The number of amides is 1. The van der Waals surface area contributed by atoms with Gasteiger partial charge in [-0.05, 0) is 79.1 Å². The number of methoxy groups -OCH3 is 1. The fraction of sp³-hybridized carbons (Fsp3) is 0.174. The van der Waals surface area contributed by atoms with Crippen molar-refractivity contribution in [1.82, 2.24) is 0 Å². The molecule has 0 radical (unpaired) electrons. The zero-order valence-electron chi connectivity index (χ0n) is 17.1. The number of aryl methyl sites for hydroxylation is 1. The van der Waals surface area contributed by atoms with Gasteiger partial charge in [0, 0.05) is 17.3 Å². The normalized spacial score (nSPS) is 13.4. The van der Waals surface area contributed by atoms with E-state index in [1.54, 1.807) is 30.3 Å². The summed E-state index contributed by atoms with van der Waals surface area (Å²) in [5, 5.41) is 3.22. The first-order valence-corrected chi connectivity index (χ1v) is 11.7. The molecule has 0 unspecified atom stereocenters. The monoisotopic (exact) mass is 474 g/mol. The Hall–Kier alpha value is -3.10. The molecule has 0 spiro atoms. The molecule has 0 atom stereocenters. The van der Waals surface area contributed by atoms with Gasteiger partial charge in [-0.1, -0.05) is 11.6 Å². The first-order valence-electron chi connectivity index (χ1n) is 9.86. The second kappa shape index (κ2) is 8.80. The van der Waals surface area contributed by atoms with Gasteiger partial charge in [0.2, 0.25) is 0 Å². The summed E-state index contributed by atoms with van der Waals surface area (Å²) in [6, 6.07) is 14.6. The predicted molar refractivity (Wildman–Crippen MR) is 122 cm³/mol. The molecule has 1 aliphatic heterocycles. The zero-order valence-corrected chi connectivity index (χ0v) is 18.7. The molecule has 0 saturated heterocycles. The van der Waals surface area contributed by atoms with Gasteiger partial charge in [-0.25, -0.2) is 12.8 Å². The smallest absolute Gasteiger partial charge is 0.264 e. The number of halogens is 2. The lowest BCUT2D eigenvalue weighted by atomic mass is 10.0. The van der Waals surface area contributed by atoms with Gasteiger partial charge >= 0.3 is 0 Å². The second-order valence-electron chi connectivity index (χ2n) is 7.28. The van der Waals surface area contributed by atoms with E-state index in [1.165, 1.54) is 29.6 Å². The minimum atomic E-state index is -3.84. The van der Waals surface area contributed by atoms with E-state index in [1.807, 2.05) is 0 Å². The number of fused-ring (bicyclic) bond motifs is 1. The maximum atomic E-state index is 13.2. The van der Waals surface area contributed by atoms with Crippen molar-refractivity contribution < 1.29 is 22.3 Å². The SMILES string of the molecule is COc1ccc(Cl)cc1C(=O)Nc1ccc2c(c1)CCCN2S(=O)(=O)c1ccc(F)cc1. The number of hydrogen-bond acceptors (Lipinski definition) is 4. The first-order chi connectivity index (χ1) is 15.3. The summed E-state index contributed by atoms with van der Waals surface area (Å²) in [6.07, 6.45) is 1.28. The van der Waals surface area contributed by atoms with E-state index in [2.05, 4.69) is 5.32 Å². The summed E-state index contributed by atoms with van der Waals surface area (Å²) in [5.41, 5.74) is 2.15. The summed E-state index contributed by atoms with van der Waals surface area (Å²) in [5.74, 6) is -0.503.